The van der Waals surface area contributed by atoms with Crippen LogP contribution < -0.4 is 5.73 Å². The molecule has 0 amide bonds. The van der Waals surface area contributed by atoms with Crippen LogP contribution in [0.3, 0.4) is 0 Å². The lowest BCUT2D eigenvalue weighted by atomic mass is 10.1. The Balaban J connectivity index is 1.70. The maximum Gasteiger partial charge on any atom is 0.0413 e. The number of hydrogen-bond donors (Lipinski definition) is 1. The third-order valence-electron chi connectivity index (χ3n) is 2.99. The number of halogens is 1. The zero-order valence-corrected chi connectivity index (χ0v) is 10.4. The number of nitrogens with two attached hydrogens (primary N) is 1. The third-order valence-corrected chi connectivity index (χ3v) is 3.46. The third kappa shape index (κ3) is 3.58. The SMILES string of the molecule is NC(CCCc1ccc(Br)cn1)C1CC1. The number of rotatable bonds is 5. The van der Waals surface area contributed by atoms with Crippen molar-refractivity contribution in [2.45, 2.75) is 38.1 Å². The lowest BCUT2D eigenvalue weighted by Crippen LogP contribution is -2.22. The summed E-state index contributed by atoms with van der Waals surface area (Å²) in [5.74, 6) is 0.822. The van der Waals surface area contributed by atoms with Gasteiger partial charge in [0.15, 0.2) is 0 Å². The molecule has 2 rings (SSSR count). The van der Waals surface area contributed by atoms with Crippen molar-refractivity contribution in [3.8, 4) is 0 Å². The maximum absolute atomic E-state index is 6.04. The molecule has 1 aliphatic carbocycles. The molecule has 2 N–H and O–H groups in total. The zero-order chi connectivity index (χ0) is 10.7. The first kappa shape index (κ1) is 11.1. The number of hydrogen-bond acceptors (Lipinski definition) is 2. The molecule has 1 aromatic heterocycles. The van der Waals surface area contributed by atoms with Gasteiger partial charge in [-0.1, -0.05) is 0 Å². The molecule has 0 aliphatic heterocycles. The molecule has 0 spiro atoms. The minimum Gasteiger partial charge on any atom is -0.327 e. The van der Waals surface area contributed by atoms with E-state index in [0.29, 0.717) is 6.04 Å². The van der Waals surface area contributed by atoms with Crippen LogP contribution in [0.15, 0.2) is 22.8 Å². The van der Waals surface area contributed by atoms with Crippen LogP contribution in [0.25, 0.3) is 0 Å². The summed E-state index contributed by atoms with van der Waals surface area (Å²) < 4.78 is 1.04. The summed E-state index contributed by atoms with van der Waals surface area (Å²) in [5.41, 5.74) is 7.21. The van der Waals surface area contributed by atoms with Crippen molar-refractivity contribution >= 4 is 15.9 Å². The van der Waals surface area contributed by atoms with Crippen LogP contribution in [0.5, 0.6) is 0 Å². The van der Waals surface area contributed by atoms with Gasteiger partial charge in [-0.2, -0.15) is 0 Å². The van der Waals surface area contributed by atoms with Crippen LogP contribution in [-0.2, 0) is 6.42 Å². The molecule has 1 saturated carbocycles. The predicted molar refractivity (Wildman–Crippen MR) is 65.6 cm³/mol. The maximum atomic E-state index is 6.04. The smallest absolute Gasteiger partial charge is 0.0413 e. The van der Waals surface area contributed by atoms with E-state index in [4.69, 9.17) is 5.73 Å². The minimum atomic E-state index is 0.431. The highest BCUT2D eigenvalue weighted by Crippen LogP contribution is 2.33. The summed E-state index contributed by atoms with van der Waals surface area (Å²) in [6, 6.07) is 4.55. The Labute approximate surface area is 99.4 Å². The van der Waals surface area contributed by atoms with Crippen LogP contribution >= 0.6 is 15.9 Å². The largest absolute Gasteiger partial charge is 0.327 e. The first-order chi connectivity index (χ1) is 7.25. The fourth-order valence-corrected chi connectivity index (χ4v) is 2.07. The monoisotopic (exact) mass is 268 g/mol. The summed E-state index contributed by atoms with van der Waals surface area (Å²) in [4.78, 5) is 4.35. The van der Waals surface area contributed by atoms with Gasteiger partial charge in [-0.3, -0.25) is 4.98 Å². The minimum absolute atomic E-state index is 0.431. The standard InChI is InChI=1S/C12H17BrN2/c13-10-6-7-11(15-8-10)2-1-3-12(14)9-4-5-9/h6-9,12H,1-5,14H2. The molecule has 0 bridgehead atoms. The van der Waals surface area contributed by atoms with Gasteiger partial charge >= 0.3 is 0 Å². The van der Waals surface area contributed by atoms with E-state index >= 15 is 0 Å². The molecule has 82 valence electrons. The van der Waals surface area contributed by atoms with E-state index in [1.807, 2.05) is 12.3 Å². The molecule has 3 heteroatoms. The van der Waals surface area contributed by atoms with Crippen LogP contribution in [-0.4, -0.2) is 11.0 Å². The molecule has 0 saturated heterocycles. The molecule has 2 nitrogen and oxygen atoms in total. The molecular formula is C12H17BrN2. The van der Waals surface area contributed by atoms with Crippen molar-refractivity contribution in [2.24, 2.45) is 11.7 Å². The van der Waals surface area contributed by atoms with Gasteiger partial charge in [0.2, 0.25) is 0 Å². The van der Waals surface area contributed by atoms with Crippen molar-refractivity contribution in [1.29, 1.82) is 0 Å². The number of aryl methyl sites for hydroxylation is 1. The molecule has 0 radical (unpaired) electrons. The highest BCUT2D eigenvalue weighted by atomic mass is 79.9. The Hall–Kier alpha value is -0.410. The Morgan fingerprint density at radius 2 is 2.27 bits per heavy atom. The molecular weight excluding hydrogens is 252 g/mol. The van der Waals surface area contributed by atoms with Crippen molar-refractivity contribution in [1.82, 2.24) is 4.98 Å². The van der Waals surface area contributed by atoms with Crippen LogP contribution in [0.1, 0.15) is 31.4 Å². The van der Waals surface area contributed by atoms with Crippen LogP contribution in [0, 0.1) is 5.92 Å². The number of aromatic nitrogens is 1. The van der Waals surface area contributed by atoms with E-state index in [-0.39, 0.29) is 0 Å². The fraction of sp³-hybridized carbons (Fsp3) is 0.583. The van der Waals surface area contributed by atoms with Crippen LogP contribution in [0.2, 0.25) is 0 Å². The molecule has 1 fully saturated rings. The van der Waals surface area contributed by atoms with Gasteiger partial charge in [0.25, 0.3) is 0 Å². The number of nitrogens with zero attached hydrogens (tertiary/aromatic N) is 1. The van der Waals surface area contributed by atoms with E-state index in [1.165, 1.54) is 18.5 Å². The van der Waals surface area contributed by atoms with Crippen molar-refractivity contribution < 1.29 is 0 Å². The Bertz CT molecular complexity index is 306. The second kappa shape index (κ2) is 5.08. The zero-order valence-electron chi connectivity index (χ0n) is 8.82. The van der Waals surface area contributed by atoms with Crippen molar-refractivity contribution in [2.75, 3.05) is 0 Å². The average molecular weight is 269 g/mol. The van der Waals surface area contributed by atoms with Gasteiger partial charge < -0.3 is 5.73 Å². The van der Waals surface area contributed by atoms with Crippen LogP contribution in [0.4, 0.5) is 0 Å². The molecule has 1 heterocycles. The molecule has 1 aliphatic rings. The van der Waals surface area contributed by atoms with Crippen molar-refractivity contribution in [3.05, 3.63) is 28.5 Å². The lowest BCUT2D eigenvalue weighted by molar-refractivity contribution is 0.527. The molecule has 15 heavy (non-hydrogen) atoms. The Kier molecular flexibility index (Phi) is 3.76. The van der Waals surface area contributed by atoms with Crippen molar-refractivity contribution in [3.63, 3.8) is 0 Å². The molecule has 1 aromatic rings. The van der Waals surface area contributed by atoms with Gasteiger partial charge in [-0.05, 0) is 66.1 Å². The van der Waals surface area contributed by atoms with E-state index in [0.717, 1.165) is 29.7 Å². The van der Waals surface area contributed by atoms with E-state index in [1.54, 1.807) is 0 Å². The second-order valence-electron chi connectivity index (χ2n) is 4.36. The summed E-state index contributed by atoms with van der Waals surface area (Å²) in [5, 5.41) is 0. The molecule has 1 unspecified atom stereocenters. The predicted octanol–water partition coefficient (Wildman–Crippen LogP) is 2.90. The first-order valence-electron chi connectivity index (χ1n) is 5.62. The Morgan fingerprint density at radius 1 is 1.47 bits per heavy atom. The summed E-state index contributed by atoms with van der Waals surface area (Å²) in [6.07, 6.45) is 7.90. The first-order valence-corrected chi connectivity index (χ1v) is 6.41. The number of pyridine rings is 1. The van der Waals surface area contributed by atoms with Gasteiger partial charge in [0.1, 0.15) is 0 Å². The Morgan fingerprint density at radius 3 is 2.87 bits per heavy atom. The van der Waals surface area contributed by atoms with E-state index < -0.39 is 0 Å². The van der Waals surface area contributed by atoms with E-state index in [9.17, 15) is 0 Å². The quantitative estimate of drug-likeness (QED) is 0.892. The summed E-state index contributed by atoms with van der Waals surface area (Å²) in [6.45, 7) is 0. The van der Waals surface area contributed by atoms with Gasteiger partial charge in [0.05, 0.1) is 0 Å². The van der Waals surface area contributed by atoms with E-state index in [2.05, 4.69) is 27.0 Å². The van der Waals surface area contributed by atoms with Gasteiger partial charge in [0, 0.05) is 22.4 Å². The topological polar surface area (TPSA) is 38.9 Å². The lowest BCUT2D eigenvalue weighted by Gasteiger charge is -2.09. The summed E-state index contributed by atoms with van der Waals surface area (Å²) in [7, 11) is 0. The molecule has 1 atom stereocenters. The highest BCUT2D eigenvalue weighted by molar-refractivity contribution is 9.10. The molecule has 0 aromatic carbocycles. The fourth-order valence-electron chi connectivity index (χ4n) is 1.83. The highest BCUT2D eigenvalue weighted by Gasteiger charge is 2.27. The summed E-state index contributed by atoms with van der Waals surface area (Å²) >= 11 is 3.38. The van der Waals surface area contributed by atoms with Gasteiger partial charge in [-0.15, -0.1) is 0 Å². The van der Waals surface area contributed by atoms with Gasteiger partial charge in [-0.25, -0.2) is 0 Å². The normalized spacial score (nSPS) is 17.7. The second-order valence-corrected chi connectivity index (χ2v) is 5.28. The average Bonchev–Trinajstić information content (AvgIpc) is 3.04.